The van der Waals surface area contributed by atoms with Gasteiger partial charge in [-0.25, -0.2) is 0 Å². The molecule has 0 unspecified atom stereocenters. The van der Waals surface area contributed by atoms with E-state index in [1.165, 1.54) is 22.0 Å². The van der Waals surface area contributed by atoms with Crippen molar-refractivity contribution in [1.82, 2.24) is 0 Å². The highest BCUT2D eigenvalue weighted by molar-refractivity contribution is 5.97. The number of benzene rings is 2. The fourth-order valence-electron chi connectivity index (χ4n) is 2.49. The molecule has 0 aromatic heterocycles. The fraction of sp³-hybridized carbons (Fsp3) is 0.214. The smallest absolute Gasteiger partial charge is 0.105 e. The third-order valence-corrected chi connectivity index (χ3v) is 3.21. The number of fused-ring (bicyclic) bond motifs is 3. The van der Waals surface area contributed by atoms with Crippen LogP contribution in [0.4, 0.5) is 5.69 Å². The van der Waals surface area contributed by atoms with Gasteiger partial charge in [-0.15, -0.1) is 0 Å². The SMILES string of the molecule is N#CCN1CCc2ccc3ccccc3c21. The Labute approximate surface area is 94.7 Å². The van der Waals surface area contributed by atoms with E-state index < -0.39 is 0 Å². The molecule has 78 valence electrons. The molecule has 0 spiro atoms. The van der Waals surface area contributed by atoms with Gasteiger partial charge in [0.05, 0.1) is 6.07 Å². The number of nitrogens with zero attached hydrogens (tertiary/aromatic N) is 2. The summed E-state index contributed by atoms with van der Waals surface area (Å²) >= 11 is 0. The van der Waals surface area contributed by atoms with Crippen LogP contribution in [0.15, 0.2) is 36.4 Å². The molecule has 0 radical (unpaired) electrons. The van der Waals surface area contributed by atoms with Crippen molar-refractivity contribution in [3.63, 3.8) is 0 Å². The van der Waals surface area contributed by atoms with Crippen molar-refractivity contribution in [2.75, 3.05) is 18.0 Å². The summed E-state index contributed by atoms with van der Waals surface area (Å²) in [7, 11) is 0. The van der Waals surface area contributed by atoms with Gasteiger partial charge < -0.3 is 4.90 Å². The number of anilines is 1. The van der Waals surface area contributed by atoms with Crippen molar-refractivity contribution in [3.8, 4) is 6.07 Å². The molecule has 1 aliphatic heterocycles. The topological polar surface area (TPSA) is 27.0 Å². The van der Waals surface area contributed by atoms with Crippen LogP contribution in [0, 0.1) is 11.3 Å². The van der Waals surface area contributed by atoms with Crippen LogP contribution in [-0.4, -0.2) is 13.1 Å². The maximum absolute atomic E-state index is 8.83. The van der Waals surface area contributed by atoms with Gasteiger partial charge in [0.15, 0.2) is 0 Å². The van der Waals surface area contributed by atoms with Crippen molar-refractivity contribution >= 4 is 16.5 Å². The van der Waals surface area contributed by atoms with Crippen LogP contribution in [0.1, 0.15) is 5.56 Å². The predicted molar refractivity (Wildman–Crippen MR) is 65.5 cm³/mol. The highest BCUT2D eigenvalue weighted by atomic mass is 15.1. The molecule has 1 heterocycles. The number of hydrogen-bond acceptors (Lipinski definition) is 2. The van der Waals surface area contributed by atoms with E-state index in [9.17, 15) is 0 Å². The van der Waals surface area contributed by atoms with E-state index in [-0.39, 0.29) is 0 Å². The zero-order valence-electron chi connectivity index (χ0n) is 8.98. The van der Waals surface area contributed by atoms with Crippen molar-refractivity contribution < 1.29 is 0 Å². The number of rotatable bonds is 1. The maximum Gasteiger partial charge on any atom is 0.105 e. The molecule has 2 aromatic carbocycles. The average Bonchev–Trinajstić information content (AvgIpc) is 2.73. The molecule has 0 amide bonds. The molecular weight excluding hydrogens is 196 g/mol. The minimum Gasteiger partial charge on any atom is -0.357 e. The first-order chi connectivity index (χ1) is 7.90. The molecular formula is C14H12N2. The van der Waals surface area contributed by atoms with Crippen molar-refractivity contribution in [3.05, 3.63) is 42.0 Å². The minimum atomic E-state index is 0.487. The van der Waals surface area contributed by atoms with E-state index in [1.54, 1.807) is 0 Å². The third kappa shape index (κ3) is 1.25. The molecule has 3 rings (SSSR count). The second-order valence-corrected chi connectivity index (χ2v) is 4.12. The molecule has 2 aromatic rings. The predicted octanol–water partition coefficient (Wildman–Crippen LogP) is 2.73. The first-order valence-corrected chi connectivity index (χ1v) is 5.52. The van der Waals surface area contributed by atoms with Crippen LogP contribution in [0.5, 0.6) is 0 Å². The average molecular weight is 208 g/mol. The maximum atomic E-state index is 8.83. The van der Waals surface area contributed by atoms with Gasteiger partial charge in [-0.3, -0.25) is 0 Å². The number of hydrogen-bond donors (Lipinski definition) is 0. The Hall–Kier alpha value is -2.01. The lowest BCUT2D eigenvalue weighted by molar-refractivity contribution is 0.910. The summed E-state index contributed by atoms with van der Waals surface area (Å²) in [6.45, 7) is 1.46. The van der Waals surface area contributed by atoms with Crippen LogP contribution in [-0.2, 0) is 6.42 Å². The highest BCUT2D eigenvalue weighted by Crippen LogP contribution is 2.35. The van der Waals surface area contributed by atoms with E-state index in [2.05, 4.69) is 47.4 Å². The van der Waals surface area contributed by atoms with E-state index >= 15 is 0 Å². The highest BCUT2D eigenvalue weighted by Gasteiger charge is 2.20. The molecule has 2 heteroatoms. The monoisotopic (exact) mass is 208 g/mol. The van der Waals surface area contributed by atoms with Crippen LogP contribution < -0.4 is 4.90 Å². The Balaban J connectivity index is 2.25. The lowest BCUT2D eigenvalue weighted by Gasteiger charge is -2.17. The van der Waals surface area contributed by atoms with Gasteiger partial charge in [0.2, 0.25) is 0 Å². The second-order valence-electron chi connectivity index (χ2n) is 4.12. The van der Waals surface area contributed by atoms with Crippen LogP contribution in [0.25, 0.3) is 10.8 Å². The quantitative estimate of drug-likeness (QED) is 0.674. The molecule has 0 atom stereocenters. The summed E-state index contributed by atoms with van der Waals surface area (Å²) in [6.07, 6.45) is 1.06. The molecule has 0 saturated heterocycles. The molecule has 2 nitrogen and oxygen atoms in total. The second kappa shape index (κ2) is 3.53. The summed E-state index contributed by atoms with van der Waals surface area (Å²) in [4.78, 5) is 2.18. The molecule has 0 N–H and O–H groups in total. The van der Waals surface area contributed by atoms with Gasteiger partial charge in [-0.1, -0.05) is 36.4 Å². The van der Waals surface area contributed by atoms with Crippen molar-refractivity contribution in [1.29, 1.82) is 5.26 Å². The zero-order valence-corrected chi connectivity index (χ0v) is 8.98. The zero-order chi connectivity index (χ0) is 11.0. The summed E-state index contributed by atoms with van der Waals surface area (Å²) in [5.41, 5.74) is 2.63. The molecule has 0 bridgehead atoms. The summed E-state index contributed by atoms with van der Waals surface area (Å²) in [6, 6.07) is 15.0. The van der Waals surface area contributed by atoms with Crippen LogP contribution >= 0.6 is 0 Å². The van der Waals surface area contributed by atoms with Crippen molar-refractivity contribution in [2.24, 2.45) is 0 Å². The van der Waals surface area contributed by atoms with Crippen molar-refractivity contribution in [2.45, 2.75) is 6.42 Å². The van der Waals surface area contributed by atoms with E-state index in [1.807, 2.05) is 0 Å². The van der Waals surface area contributed by atoms with Crippen LogP contribution in [0.3, 0.4) is 0 Å². The van der Waals surface area contributed by atoms with Gasteiger partial charge in [-0.2, -0.15) is 5.26 Å². The standard InChI is InChI=1S/C14H12N2/c15-8-10-16-9-7-12-6-5-11-3-1-2-4-13(11)14(12)16/h1-6H,7,9-10H2. The summed E-state index contributed by atoms with van der Waals surface area (Å²) in [5, 5.41) is 11.4. The normalized spacial score (nSPS) is 13.8. The molecule has 1 aliphatic rings. The number of nitriles is 1. The van der Waals surface area contributed by atoms with E-state index in [4.69, 9.17) is 5.26 Å². The fourth-order valence-corrected chi connectivity index (χ4v) is 2.49. The van der Waals surface area contributed by atoms with Gasteiger partial charge in [0.25, 0.3) is 0 Å². The van der Waals surface area contributed by atoms with E-state index in [0.717, 1.165) is 13.0 Å². The minimum absolute atomic E-state index is 0.487. The lowest BCUT2D eigenvalue weighted by atomic mass is 10.0. The molecule has 0 saturated carbocycles. The Morgan fingerprint density at radius 2 is 2.06 bits per heavy atom. The molecule has 16 heavy (non-hydrogen) atoms. The molecule has 0 fully saturated rings. The first kappa shape index (κ1) is 9.23. The van der Waals surface area contributed by atoms with E-state index in [0.29, 0.717) is 6.54 Å². The largest absolute Gasteiger partial charge is 0.357 e. The van der Waals surface area contributed by atoms with Gasteiger partial charge in [0.1, 0.15) is 6.54 Å². The van der Waals surface area contributed by atoms with Gasteiger partial charge >= 0.3 is 0 Å². The Morgan fingerprint density at radius 3 is 2.94 bits per heavy atom. The van der Waals surface area contributed by atoms with Gasteiger partial charge in [-0.05, 0) is 17.4 Å². The summed E-state index contributed by atoms with van der Waals surface area (Å²) in [5.74, 6) is 0. The summed E-state index contributed by atoms with van der Waals surface area (Å²) < 4.78 is 0. The third-order valence-electron chi connectivity index (χ3n) is 3.21. The molecule has 0 aliphatic carbocycles. The van der Waals surface area contributed by atoms with Gasteiger partial charge in [0, 0.05) is 17.6 Å². The Bertz CT molecular complexity index is 581. The Kier molecular flexibility index (Phi) is 2.04. The Morgan fingerprint density at radius 1 is 1.19 bits per heavy atom. The first-order valence-electron chi connectivity index (χ1n) is 5.52. The van der Waals surface area contributed by atoms with Crippen LogP contribution in [0.2, 0.25) is 0 Å². The lowest BCUT2D eigenvalue weighted by Crippen LogP contribution is -2.20.